The lowest BCUT2D eigenvalue weighted by Gasteiger charge is -2.12. The first-order valence-electron chi connectivity index (χ1n) is 5.04. The smallest absolute Gasteiger partial charge is 0.232 e. The molecule has 1 aliphatic heterocycles. The van der Waals surface area contributed by atoms with Crippen molar-refractivity contribution in [1.82, 2.24) is 10.3 Å². The number of aromatic nitrogens is 1. The van der Waals surface area contributed by atoms with Crippen LogP contribution in [0.5, 0.6) is 5.88 Å². The fourth-order valence-electron chi connectivity index (χ4n) is 1.65. The fraction of sp³-hybridized carbons (Fsp3) is 0.455. The zero-order valence-electron chi connectivity index (χ0n) is 8.66. The highest BCUT2D eigenvalue weighted by Gasteiger charge is 2.18. The number of nitriles is 1. The van der Waals surface area contributed by atoms with E-state index in [0.29, 0.717) is 11.4 Å². The molecule has 0 aliphatic carbocycles. The summed E-state index contributed by atoms with van der Waals surface area (Å²) >= 11 is 0. The molecule has 1 saturated heterocycles. The number of hydrogen-bond acceptors (Lipinski definition) is 4. The Morgan fingerprint density at radius 2 is 2.53 bits per heavy atom. The number of ether oxygens (including phenoxy) is 1. The van der Waals surface area contributed by atoms with Crippen LogP contribution < -0.4 is 10.1 Å². The minimum Gasteiger partial charge on any atom is -0.472 e. The van der Waals surface area contributed by atoms with Crippen LogP contribution in [0.3, 0.4) is 0 Å². The lowest BCUT2D eigenvalue weighted by Crippen LogP contribution is -2.20. The number of aryl methyl sites for hydroxylation is 1. The zero-order chi connectivity index (χ0) is 10.7. The van der Waals surface area contributed by atoms with E-state index in [1.54, 1.807) is 6.20 Å². The van der Waals surface area contributed by atoms with Gasteiger partial charge in [0.2, 0.25) is 5.88 Å². The summed E-state index contributed by atoms with van der Waals surface area (Å²) in [5.74, 6) is 0.464. The van der Waals surface area contributed by atoms with E-state index >= 15 is 0 Å². The third kappa shape index (κ3) is 2.08. The molecule has 1 unspecified atom stereocenters. The van der Waals surface area contributed by atoms with E-state index in [9.17, 15) is 0 Å². The van der Waals surface area contributed by atoms with Crippen LogP contribution in [0, 0.1) is 18.3 Å². The van der Waals surface area contributed by atoms with Crippen molar-refractivity contribution in [2.75, 3.05) is 13.1 Å². The van der Waals surface area contributed by atoms with Gasteiger partial charge in [-0.25, -0.2) is 4.98 Å². The van der Waals surface area contributed by atoms with Crippen LogP contribution in [0.2, 0.25) is 0 Å². The highest BCUT2D eigenvalue weighted by molar-refractivity contribution is 5.43. The maximum atomic E-state index is 8.99. The molecule has 1 aromatic heterocycles. The second-order valence-electron chi connectivity index (χ2n) is 3.65. The molecule has 1 fully saturated rings. The average Bonchev–Trinajstić information content (AvgIpc) is 2.71. The van der Waals surface area contributed by atoms with Gasteiger partial charge in [0.15, 0.2) is 0 Å². The van der Waals surface area contributed by atoms with Gasteiger partial charge in [-0.05, 0) is 31.5 Å². The summed E-state index contributed by atoms with van der Waals surface area (Å²) in [6, 6.07) is 3.95. The molecular formula is C11H13N3O. The molecule has 0 bridgehead atoms. The van der Waals surface area contributed by atoms with Crippen molar-refractivity contribution in [2.24, 2.45) is 0 Å². The van der Waals surface area contributed by atoms with Crippen molar-refractivity contribution in [2.45, 2.75) is 19.4 Å². The maximum absolute atomic E-state index is 8.99. The third-order valence-corrected chi connectivity index (χ3v) is 2.53. The van der Waals surface area contributed by atoms with Gasteiger partial charge in [0.25, 0.3) is 0 Å². The second kappa shape index (κ2) is 4.28. The molecule has 15 heavy (non-hydrogen) atoms. The Morgan fingerprint density at radius 3 is 3.20 bits per heavy atom. The molecule has 2 rings (SSSR count). The van der Waals surface area contributed by atoms with Gasteiger partial charge < -0.3 is 10.1 Å². The molecule has 1 aromatic rings. The molecular weight excluding hydrogens is 190 g/mol. The maximum Gasteiger partial charge on any atom is 0.232 e. The van der Waals surface area contributed by atoms with E-state index in [-0.39, 0.29) is 6.10 Å². The summed E-state index contributed by atoms with van der Waals surface area (Å²) in [6.07, 6.45) is 2.79. The minimum atomic E-state index is 0.145. The first-order chi connectivity index (χ1) is 7.31. The molecule has 1 atom stereocenters. The highest BCUT2D eigenvalue weighted by atomic mass is 16.5. The lowest BCUT2D eigenvalue weighted by molar-refractivity contribution is 0.213. The topological polar surface area (TPSA) is 57.9 Å². The molecule has 4 nitrogen and oxygen atoms in total. The summed E-state index contributed by atoms with van der Waals surface area (Å²) in [4.78, 5) is 4.10. The number of nitrogens with one attached hydrogen (secondary N) is 1. The molecule has 1 N–H and O–H groups in total. The minimum absolute atomic E-state index is 0.145. The van der Waals surface area contributed by atoms with Gasteiger partial charge in [0.1, 0.15) is 17.7 Å². The van der Waals surface area contributed by atoms with Crippen molar-refractivity contribution in [3.8, 4) is 11.9 Å². The molecule has 1 aliphatic rings. The van der Waals surface area contributed by atoms with Crippen LogP contribution in [0.25, 0.3) is 0 Å². The molecule has 2 heterocycles. The Labute approximate surface area is 88.9 Å². The predicted molar refractivity (Wildman–Crippen MR) is 55.6 cm³/mol. The van der Waals surface area contributed by atoms with Gasteiger partial charge >= 0.3 is 0 Å². The van der Waals surface area contributed by atoms with Crippen molar-refractivity contribution in [3.63, 3.8) is 0 Å². The largest absolute Gasteiger partial charge is 0.472 e. The van der Waals surface area contributed by atoms with Crippen LogP contribution in [-0.4, -0.2) is 24.2 Å². The molecule has 0 aromatic carbocycles. The summed E-state index contributed by atoms with van der Waals surface area (Å²) in [5.41, 5.74) is 1.46. The van der Waals surface area contributed by atoms with Crippen LogP contribution in [0.1, 0.15) is 17.5 Å². The molecule has 0 amide bonds. The average molecular weight is 203 g/mol. The Kier molecular flexibility index (Phi) is 2.84. The van der Waals surface area contributed by atoms with Crippen LogP contribution in [0.15, 0.2) is 12.3 Å². The summed E-state index contributed by atoms with van der Waals surface area (Å²) in [7, 11) is 0. The summed E-state index contributed by atoms with van der Waals surface area (Å²) in [6.45, 7) is 3.69. The van der Waals surface area contributed by atoms with Crippen LogP contribution in [-0.2, 0) is 0 Å². The van der Waals surface area contributed by atoms with E-state index in [2.05, 4.69) is 16.4 Å². The monoisotopic (exact) mass is 203 g/mol. The van der Waals surface area contributed by atoms with Crippen LogP contribution in [0.4, 0.5) is 0 Å². The summed E-state index contributed by atoms with van der Waals surface area (Å²) in [5, 5.41) is 12.2. The van der Waals surface area contributed by atoms with Gasteiger partial charge in [0.05, 0.1) is 0 Å². The van der Waals surface area contributed by atoms with Crippen LogP contribution >= 0.6 is 0 Å². The molecule has 0 radical (unpaired) electrons. The van der Waals surface area contributed by atoms with Crippen molar-refractivity contribution in [1.29, 1.82) is 5.26 Å². The SMILES string of the molecule is Cc1ccnc(OC2CCNC2)c1C#N. The number of rotatable bonds is 2. The molecule has 4 heteroatoms. The Morgan fingerprint density at radius 1 is 1.67 bits per heavy atom. The summed E-state index contributed by atoms with van der Waals surface area (Å²) < 4.78 is 5.68. The Hall–Kier alpha value is -1.60. The van der Waals surface area contributed by atoms with Crippen molar-refractivity contribution >= 4 is 0 Å². The normalized spacial score (nSPS) is 19.9. The fourth-order valence-corrected chi connectivity index (χ4v) is 1.65. The van der Waals surface area contributed by atoms with Gasteiger partial charge in [-0.15, -0.1) is 0 Å². The Balaban J connectivity index is 2.20. The van der Waals surface area contributed by atoms with E-state index < -0.39 is 0 Å². The number of pyridine rings is 1. The standard InChI is InChI=1S/C11H13N3O/c1-8-2-5-14-11(10(8)6-12)15-9-3-4-13-7-9/h2,5,9,13H,3-4,7H2,1H3. The quantitative estimate of drug-likeness (QED) is 0.779. The lowest BCUT2D eigenvalue weighted by atomic mass is 10.2. The molecule has 0 saturated carbocycles. The van der Waals surface area contributed by atoms with Gasteiger partial charge in [0, 0.05) is 12.7 Å². The van der Waals surface area contributed by atoms with E-state index in [4.69, 9.17) is 10.00 Å². The van der Waals surface area contributed by atoms with E-state index in [0.717, 1.165) is 25.1 Å². The van der Waals surface area contributed by atoms with Gasteiger partial charge in [-0.1, -0.05) is 0 Å². The number of hydrogen-bond donors (Lipinski definition) is 1. The van der Waals surface area contributed by atoms with Crippen molar-refractivity contribution < 1.29 is 4.74 Å². The molecule has 78 valence electrons. The number of nitrogens with zero attached hydrogens (tertiary/aromatic N) is 2. The van der Waals surface area contributed by atoms with E-state index in [1.165, 1.54) is 0 Å². The third-order valence-electron chi connectivity index (χ3n) is 2.53. The first kappa shape index (κ1) is 9.94. The second-order valence-corrected chi connectivity index (χ2v) is 3.65. The zero-order valence-corrected chi connectivity index (χ0v) is 8.66. The predicted octanol–water partition coefficient (Wildman–Crippen LogP) is 1.00. The first-order valence-corrected chi connectivity index (χ1v) is 5.04. The van der Waals surface area contributed by atoms with Gasteiger partial charge in [-0.2, -0.15) is 5.26 Å². The highest BCUT2D eigenvalue weighted by Crippen LogP contribution is 2.20. The Bertz CT molecular complexity index is 391. The van der Waals surface area contributed by atoms with E-state index in [1.807, 2.05) is 13.0 Å². The van der Waals surface area contributed by atoms with Gasteiger partial charge in [-0.3, -0.25) is 0 Å². The van der Waals surface area contributed by atoms with Crippen molar-refractivity contribution in [3.05, 3.63) is 23.4 Å². The molecule has 0 spiro atoms.